The van der Waals surface area contributed by atoms with E-state index in [0.29, 0.717) is 31.2 Å². The van der Waals surface area contributed by atoms with Crippen LogP contribution in [-0.2, 0) is 25.6 Å². The Labute approximate surface area is 328 Å². The number of hydrogen-bond donors (Lipinski definition) is 5. The van der Waals surface area contributed by atoms with E-state index in [4.69, 9.17) is 9.47 Å². The van der Waals surface area contributed by atoms with Crippen LogP contribution in [0.4, 0.5) is 9.59 Å². The van der Waals surface area contributed by atoms with Crippen LogP contribution in [-0.4, -0.2) is 114 Å². The molecule has 1 unspecified atom stereocenters. The van der Waals surface area contributed by atoms with E-state index >= 15 is 0 Å². The van der Waals surface area contributed by atoms with Gasteiger partial charge in [0.1, 0.15) is 23.7 Å². The van der Waals surface area contributed by atoms with Crippen LogP contribution in [0.25, 0.3) is 33.6 Å². The molecular formula is C40H46N10O7. The Kier molecular flexibility index (Phi) is 11.6. The van der Waals surface area contributed by atoms with Crippen molar-refractivity contribution in [2.75, 3.05) is 27.3 Å². The molecule has 5 aromatic rings. The van der Waals surface area contributed by atoms with Gasteiger partial charge in [0.15, 0.2) is 0 Å². The maximum atomic E-state index is 13.6. The van der Waals surface area contributed by atoms with E-state index in [9.17, 15) is 24.3 Å². The summed E-state index contributed by atoms with van der Waals surface area (Å²) in [6.45, 7) is 2.85. The molecule has 0 aliphatic carbocycles. The van der Waals surface area contributed by atoms with Gasteiger partial charge in [0.25, 0.3) is 0 Å². The minimum atomic E-state index is -1.27. The first-order valence-electron chi connectivity index (χ1n) is 18.9. The fourth-order valence-corrected chi connectivity index (χ4v) is 7.63. The summed E-state index contributed by atoms with van der Waals surface area (Å²) in [7, 11) is 2.75. The van der Waals surface area contributed by atoms with Gasteiger partial charge in [-0.15, -0.1) is 0 Å². The monoisotopic (exact) mass is 778 g/mol. The van der Waals surface area contributed by atoms with Crippen molar-refractivity contribution in [2.45, 2.75) is 69.4 Å². The van der Waals surface area contributed by atoms with Gasteiger partial charge in [-0.3, -0.25) is 14.3 Å². The minimum absolute atomic E-state index is 0.0856. The topological polar surface area (TPSA) is 213 Å². The summed E-state index contributed by atoms with van der Waals surface area (Å²) >= 11 is 0. The zero-order valence-corrected chi connectivity index (χ0v) is 31.9. The van der Waals surface area contributed by atoms with Crippen molar-refractivity contribution in [1.82, 2.24) is 50.1 Å². The third-order valence-corrected chi connectivity index (χ3v) is 10.7. The smallest absolute Gasteiger partial charge is 0.407 e. The standard InChI is InChI=1S/C40H46N10O7/c1-24(56-2)34(47-40(55)57-3)38(52)50-20-5-8-33(50)36-42-22-30(45-36)28-15-11-26(12-16-28)25-9-13-27(14-10-25)29-21-41-35(44-29)32-7-4-19-49(32)37(51)31(46-39(53)54)23-48-18-6-17-43-48/h6,9-18,21-22,24,31-34,46H,4-5,7-8,19-20,23H2,1-3H3,(H,41,44)(H,42,45)(H,47,55)(H,53,54)/t24?,31-,32-,33-,34-/m0/s1. The SMILES string of the molecule is COC(=O)N[C@H](C(=O)N1CCC[C@H]1c1ncc(-c2ccc(-c3ccc(-c4cnc([C@@H]5CCCN5C(=O)[C@H](Cn5cccn5)NC(=O)O)[nH]4)cc3)cc2)[nH]1)C(C)OC. The van der Waals surface area contributed by atoms with E-state index in [1.54, 1.807) is 47.6 Å². The average molecular weight is 779 g/mol. The summed E-state index contributed by atoms with van der Waals surface area (Å²) in [5.74, 6) is 0.755. The van der Waals surface area contributed by atoms with Gasteiger partial charge in [0.2, 0.25) is 11.8 Å². The molecule has 4 amide bonds. The molecule has 17 nitrogen and oxygen atoms in total. The van der Waals surface area contributed by atoms with Crippen LogP contribution in [0.2, 0.25) is 0 Å². The van der Waals surface area contributed by atoms with Crippen molar-refractivity contribution in [3.63, 3.8) is 0 Å². The lowest BCUT2D eigenvalue weighted by Crippen LogP contribution is -2.54. The molecule has 0 radical (unpaired) electrons. The predicted molar refractivity (Wildman–Crippen MR) is 207 cm³/mol. The number of amides is 4. The molecule has 298 valence electrons. The number of benzene rings is 2. The molecule has 2 fully saturated rings. The van der Waals surface area contributed by atoms with Crippen LogP contribution in [0.5, 0.6) is 0 Å². The zero-order valence-electron chi connectivity index (χ0n) is 31.9. The van der Waals surface area contributed by atoms with E-state index < -0.39 is 30.4 Å². The zero-order chi connectivity index (χ0) is 40.1. The summed E-state index contributed by atoms with van der Waals surface area (Å²) in [4.78, 5) is 70.3. The van der Waals surface area contributed by atoms with Gasteiger partial charge < -0.3 is 45.0 Å². The van der Waals surface area contributed by atoms with Gasteiger partial charge in [-0.05, 0) is 60.9 Å². The highest BCUT2D eigenvalue weighted by molar-refractivity contribution is 5.87. The Morgan fingerprint density at radius 1 is 0.807 bits per heavy atom. The number of likely N-dealkylation sites (tertiary alicyclic amines) is 2. The number of hydrogen-bond acceptors (Lipinski definition) is 9. The Hall–Kier alpha value is -6.49. The maximum Gasteiger partial charge on any atom is 0.407 e. The molecule has 0 saturated carbocycles. The summed E-state index contributed by atoms with van der Waals surface area (Å²) in [6, 6.07) is 15.5. The first-order valence-corrected chi connectivity index (χ1v) is 18.9. The number of H-pyrrole nitrogens is 2. The largest absolute Gasteiger partial charge is 0.465 e. The number of alkyl carbamates (subject to hydrolysis) is 1. The number of imidazole rings is 2. The van der Waals surface area contributed by atoms with Crippen molar-refractivity contribution >= 4 is 24.0 Å². The Morgan fingerprint density at radius 2 is 1.33 bits per heavy atom. The lowest BCUT2D eigenvalue weighted by molar-refractivity contribution is -0.137. The summed E-state index contributed by atoms with van der Waals surface area (Å²) in [5.41, 5.74) is 5.56. The molecule has 0 spiro atoms. The molecule has 2 aliphatic heterocycles. The van der Waals surface area contributed by atoms with Crippen molar-refractivity contribution in [2.24, 2.45) is 0 Å². The van der Waals surface area contributed by atoms with Crippen LogP contribution in [0.3, 0.4) is 0 Å². The second-order valence-electron chi connectivity index (χ2n) is 14.2. The lowest BCUT2D eigenvalue weighted by Gasteiger charge is -2.30. The van der Waals surface area contributed by atoms with Crippen molar-refractivity contribution in [1.29, 1.82) is 0 Å². The number of aromatic nitrogens is 6. The molecule has 5 N–H and O–H groups in total. The van der Waals surface area contributed by atoms with E-state index in [2.05, 4.69) is 35.7 Å². The van der Waals surface area contributed by atoms with Crippen molar-refractivity contribution in [3.8, 4) is 33.6 Å². The minimum Gasteiger partial charge on any atom is -0.465 e. The molecule has 57 heavy (non-hydrogen) atoms. The van der Waals surface area contributed by atoms with Gasteiger partial charge in [0.05, 0.1) is 55.6 Å². The second-order valence-corrected chi connectivity index (χ2v) is 14.2. The molecule has 7 rings (SSSR count). The van der Waals surface area contributed by atoms with Crippen LogP contribution in [0, 0.1) is 0 Å². The third-order valence-electron chi connectivity index (χ3n) is 10.7. The van der Waals surface area contributed by atoms with E-state index in [1.807, 2.05) is 48.5 Å². The number of carboxylic acid groups (broad SMARTS) is 1. The third kappa shape index (κ3) is 8.52. The fourth-order valence-electron chi connectivity index (χ4n) is 7.63. The second kappa shape index (κ2) is 17.1. The molecule has 3 aromatic heterocycles. The summed E-state index contributed by atoms with van der Waals surface area (Å²) in [5, 5.41) is 18.5. The highest BCUT2D eigenvalue weighted by Gasteiger charge is 2.39. The number of methoxy groups -OCH3 is 2. The molecule has 17 heteroatoms. The number of rotatable bonds is 13. The number of carbonyl (C=O) groups excluding carboxylic acids is 3. The van der Waals surface area contributed by atoms with Gasteiger partial charge in [-0.25, -0.2) is 19.6 Å². The number of nitrogens with one attached hydrogen (secondary N) is 4. The normalized spacial score (nSPS) is 18.2. The molecule has 5 heterocycles. The van der Waals surface area contributed by atoms with E-state index in [0.717, 1.165) is 52.9 Å². The first kappa shape index (κ1) is 38.8. The maximum absolute atomic E-state index is 13.6. The highest BCUT2D eigenvalue weighted by atomic mass is 16.5. The van der Waals surface area contributed by atoms with E-state index in [1.165, 1.54) is 18.9 Å². The Balaban J connectivity index is 0.999. The molecule has 2 saturated heterocycles. The molecule has 2 aromatic carbocycles. The van der Waals surface area contributed by atoms with Crippen molar-refractivity contribution < 1.29 is 33.8 Å². The van der Waals surface area contributed by atoms with Gasteiger partial charge >= 0.3 is 12.2 Å². The lowest BCUT2D eigenvalue weighted by atomic mass is 10.0. The van der Waals surface area contributed by atoms with Crippen molar-refractivity contribution in [3.05, 3.63) is 91.0 Å². The van der Waals surface area contributed by atoms with Gasteiger partial charge in [-0.1, -0.05) is 48.5 Å². The van der Waals surface area contributed by atoms with Crippen LogP contribution in [0.15, 0.2) is 79.4 Å². The summed E-state index contributed by atoms with van der Waals surface area (Å²) < 4.78 is 11.7. The van der Waals surface area contributed by atoms with Crippen LogP contribution in [0.1, 0.15) is 56.3 Å². The van der Waals surface area contributed by atoms with Gasteiger partial charge in [-0.2, -0.15) is 5.10 Å². The highest BCUT2D eigenvalue weighted by Crippen LogP contribution is 2.35. The average Bonchev–Trinajstić information content (AvgIpc) is 4.08. The molecular weight excluding hydrogens is 733 g/mol. The number of aromatic amines is 2. The van der Waals surface area contributed by atoms with Crippen LogP contribution >= 0.6 is 0 Å². The first-order chi connectivity index (χ1) is 27.6. The Bertz CT molecular complexity index is 2170. The predicted octanol–water partition coefficient (Wildman–Crippen LogP) is 4.75. The molecule has 0 bridgehead atoms. The van der Waals surface area contributed by atoms with E-state index in [-0.39, 0.29) is 30.4 Å². The van der Waals surface area contributed by atoms with Crippen LogP contribution < -0.4 is 10.6 Å². The number of ether oxygens (including phenoxy) is 2. The Morgan fingerprint density at radius 3 is 1.81 bits per heavy atom. The van der Waals surface area contributed by atoms with Gasteiger partial charge in [0, 0.05) is 32.6 Å². The number of nitrogens with zero attached hydrogens (tertiary/aromatic N) is 6. The summed E-state index contributed by atoms with van der Waals surface area (Å²) in [6.07, 6.45) is 7.29. The molecule has 2 aliphatic rings. The fraction of sp³-hybridized carbons (Fsp3) is 0.375. The quantitative estimate of drug-likeness (QED) is 0.111. The number of carbonyl (C=O) groups is 4. The molecule has 5 atom stereocenters.